The van der Waals surface area contributed by atoms with Gasteiger partial charge in [0.2, 0.25) is 0 Å². The standard InChI is InChI=1S/C8H11NS.C4H10/c1-2-7-10-8-3-5-9-6-4-8;1-3-4-2/h3-6H,2,7H2,1H3;3-4H2,1-2H3. The molecule has 0 unspecified atom stereocenters. The van der Waals surface area contributed by atoms with Crippen LogP contribution in [0.3, 0.4) is 0 Å². The van der Waals surface area contributed by atoms with Gasteiger partial charge in [0.1, 0.15) is 0 Å². The lowest BCUT2D eigenvalue weighted by Gasteiger charge is -1.95. The summed E-state index contributed by atoms with van der Waals surface area (Å²) in [5.41, 5.74) is 0. The van der Waals surface area contributed by atoms with Crippen LogP contribution in [0.2, 0.25) is 0 Å². The number of thioether (sulfide) groups is 1. The predicted molar refractivity (Wildman–Crippen MR) is 65.8 cm³/mol. The van der Waals surface area contributed by atoms with Crippen molar-refractivity contribution in [3.63, 3.8) is 0 Å². The Morgan fingerprint density at radius 3 is 2.00 bits per heavy atom. The molecule has 0 atom stereocenters. The maximum Gasteiger partial charge on any atom is 0.0278 e. The first-order valence-corrected chi connectivity index (χ1v) is 6.36. The topological polar surface area (TPSA) is 12.9 Å². The molecule has 1 heterocycles. The van der Waals surface area contributed by atoms with E-state index in [4.69, 9.17) is 0 Å². The first kappa shape index (κ1) is 13.5. The Kier molecular flexibility index (Phi) is 10.2. The minimum absolute atomic E-state index is 1.20. The molecular weight excluding hydrogens is 190 g/mol. The molecule has 0 aliphatic rings. The number of rotatable bonds is 4. The largest absolute Gasteiger partial charge is 0.265 e. The molecule has 14 heavy (non-hydrogen) atoms. The van der Waals surface area contributed by atoms with E-state index in [9.17, 15) is 0 Å². The summed E-state index contributed by atoms with van der Waals surface area (Å²) in [5.74, 6) is 1.20. The molecule has 0 amide bonds. The summed E-state index contributed by atoms with van der Waals surface area (Å²) in [5, 5.41) is 0. The van der Waals surface area contributed by atoms with Gasteiger partial charge in [-0.25, -0.2) is 0 Å². The highest BCUT2D eigenvalue weighted by Gasteiger charge is 1.88. The smallest absolute Gasteiger partial charge is 0.0278 e. The van der Waals surface area contributed by atoms with E-state index in [1.807, 2.05) is 36.3 Å². The Morgan fingerprint density at radius 1 is 1.00 bits per heavy atom. The van der Waals surface area contributed by atoms with Crippen molar-refractivity contribution in [1.82, 2.24) is 4.98 Å². The number of hydrogen-bond donors (Lipinski definition) is 0. The minimum Gasteiger partial charge on any atom is -0.265 e. The summed E-state index contributed by atoms with van der Waals surface area (Å²) in [6, 6.07) is 4.08. The summed E-state index contributed by atoms with van der Waals surface area (Å²) in [7, 11) is 0. The van der Waals surface area contributed by atoms with Crippen LogP contribution in [0.1, 0.15) is 40.0 Å². The lowest BCUT2D eigenvalue weighted by molar-refractivity contribution is 0.886. The molecule has 2 heteroatoms. The van der Waals surface area contributed by atoms with E-state index in [0.29, 0.717) is 0 Å². The van der Waals surface area contributed by atoms with Crippen LogP contribution < -0.4 is 0 Å². The van der Waals surface area contributed by atoms with Gasteiger partial charge in [-0.2, -0.15) is 0 Å². The van der Waals surface area contributed by atoms with Crippen LogP contribution in [0, 0.1) is 0 Å². The van der Waals surface area contributed by atoms with Gasteiger partial charge in [0.25, 0.3) is 0 Å². The van der Waals surface area contributed by atoms with E-state index >= 15 is 0 Å². The second-order valence-corrected chi connectivity index (χ2v) is 4.20. The summed E-state index contributed by atoms with van der Waals surface area (Å²) in [4.78, 5) is 5.26. The highest BCUT2D eigenvalue weighted by Crippen LogP contribution is 2.16. The Labute approximate surface area is 92.3 Å². The average Bonchev–Trinajstić information content (AvgIpc) is 2.28. The van der Waals surface area contributed by atoms with Gasteiger partial charge in [0.15, 0.2) is 0 Å². The molecule has 0 N–H and O–H groups in total. The van der Waals surface area contributed by atoms with Gasteiger partial charge < -0.3 is 0 Å². The Hall–Kier alpha value is -0.500. The lowest BCUT2D eigenvalue weighted by Crippen LogP contribution is -1.75. The fourth-order valence-electron chi connectivity index (χ4n) is 0.654. The van der Waals surface area contributed by atoms with Gasteiger partial charge in [-0.05, 0) is 24.3 Å². The van der Waals surface area contributed by atoms with Crippen molar-refractivity contribution >= 4 is 11.8 Å². The van der Waals surface area contributed by atoms with Crippen LogP contribution in [-0.2, 0) is 0 Å². The molecule has 0 saturated heterocycles. The summed E-state index contributed by atoms with van der Waals surface area (Å²) >= 11 is 1.88. The van der Waals surface area contributed by atoms with Crippen LogP contribution in [0.25, 0.3) is 0 Å². The molecule has 1 nitrogen and oxygen atoms in total. The fourth-order valence-corrected chi connectivity index (χ4v) is 1.41. The Balaban J connectivity index is 0.000000364. The SMILES string of the molecule is CCCC.CCCSc1ccncc1. The van der Waals surface area contributed by atoms with Crippen molar-refractivity contribution in [2.75, 3.05) is 5.75 Å². The quantitative estimate of drug-likeness (QED) is 0.685. The van der Waals surface area contributed by atoms with Crippen LogP contribution in [0.15, 0.2) is 29.4 Å². The first-order valence-electron chi connectivity index (χ1n) is 5.37. The van der Waals surface area contributed by atoms with E-state index in [1.54, 1.807) is 0 Å². The first-order chi connectivity index (χ1) is 6.85. The zero-order valence-electron chi connectivity index (χ0n) is 9.49. The van der Waals surface area contributed by atoms with Gasteiger partial charge in [-0.3, -0.25) is 4.98 Å². The maximum atomic E-state index is 3.94. The number of hydrogen-bond acceptors (Lipinski definition) is 2. The monoisotopic (exact) mass is 211 g/mol. The zero-order chi connectivity index (χ0) is 10.6. The molecule has 0 spiro atoms. The van der Waals surface area contributed by atoms with E-state index in [0.717, 1.165) is 0 Å². The molecule has 0 bridgehead atoms. The third-order valence-corrected chi connectivity index (χ3v) is 2.84. The molecule has 0 aromatic carbocycles. The van der Waals surface area contributed by atoms with Crippen LogP contribution in [0.4, 0.5) is 0 Å². The van der Waals surface area contributed by atoms with Gasteiger partial charge in [0.05, 0.1) is 0 Å². The number of unbranched alkanes of at least 4 members (excludes halogenated alkanes) is 1. The molecule has 0 aliphatic carbocycles. The van der Waals surface area contributed by atoms with Crippen LogP contribution in [0.5, 0.6) is 0 Å². The highest BCUT2D eigenvalue weighted by molar-refractivity contribution is 7.99. The fraction of sp³-hybridized carbons (Fsp3) is 0.583. The van der Waals surface area contributed by atoms with Gasteiger partial charge in [0, 0.05) is 17.3 Å². The van der Waals surface area contributed by atoms with Crippen LogP contribution >= 0.6 is 11.8 Å². The molecule has 0 radical (unpaired) electrons. The number of aromatic nitrogens is 1. The van der Waals surface area contributed by atoms with Gasteiger partial charge in [-0.1, -0.05) is 33.6 Å². The molecule has 0 fully saturated rings. The molecule has 80 valence electrons. The van der Waals surface area contributed by atoms with Crippen molar-refractivity contribution < 1.29 is 0 Å². The van der Waals surface area contributed by atoms with Crippen molar-refractivity contribution in [2.24, 2.45) is 0 Å². The Morgan fingerprint density at radius 2 is 1.57 bits per heavy atom. The number of pyridine rings is 1. The van der Waals surface area contributed by atoms with Crippen molar-refractivity contribution in [3.8, 4) is 0 Å². The molecular formula is C12H21NS. The van der Waals surface area contributed by atoms with E-state index in [2.05, 4.69) is 25.8 Å². The van der Waals surface area contributed by atoms with Crippen LogP contribution in [-0.4, -0.2) is 10.7 Å². The summed E-state index contributed by atoms with van der Waals surface area (Å²) in [6.45, 7) is 6.55. The summed E-state index contributed by atoms with van der Waals surface area (Å²) in [6.07, 6.45) is 7.53. The zero-order valence-corrected chi connectivity index (χ0v) is 10.3. The third kappa shape index (κ3) is 8.11. The Bertz CT molecular complexity index is 197. The normalized spacial score (nSPS) is 9.07. The second kappa shape index (κ2) is 10.6. The van der Waals surface area contributed by atoms with E-state index in [-0.39, 0.29) is 0 Å². The molecule has 1 aromatic heterocycles. The van der Waals surface area contributed by atoms with Crippen molar-refractivity contribution in [3.05, 3.63) is 24.5 Å². The maximum absolute atomic E-state index is 3.94. The molecule has 1 aromatic rings. The molecule has 0 aliphatic heterocycles. The van der Waals surface area contributed by atoms with Crippen molar-refractivity contribution in [2.45, 2.75) is 44.9 Å². The highest BCUT2D eigenvalue weighted by atomic mass is 32.2. The third-order valence-electron chi connectivity index (χ3n) is 1.62. The predicted octanol–water partition coefficient (Wildman–Crippen LogP) is 4.39. The number of nitrogens with zero attached hydrogens (tertiary/aromatic N) is 1. The minimum atomic E-state index is 1.20. The average molecular weight is 211 g/mol. The van der Waals surface area contributed by atoms with Crippen molar-refractivity contribution in [1.29, 1.82) is 0 Å². The second-order valence-electron chi connectivity index (χ2n) is 3.03. The van der Waals surface area contributed by atoms with Gasteiger partial charge >= 0.3 is 0 Å². The lowest BCUT2D eigenvalue weighted by atomic mass is 10.4. The van der Waals surface area contributed by atoms with Gasteiger partial charge in [-0.15, -0.1) is 11.8 Å². The molecule has 0 saturated carbocycles. The van der Waals surface area contributed by atoms with E-state index in [1.165, 1.54) is 29.9 Å². The van der Waals surface area contributed by atoms with E-state index < -0.39 is 0 Å². The summed E-state index contributed by atoms with van der Waals surface area (Å²) < 4.78 is 0. The molecule has 1 rings (SSSR count).